The Morgan fingerprint density at radius 2 is 1.65 bits per heavy atom. The molecule has 0 rings (SSSR count). The number of hydrogen-bond acceptors (Lipinski definition) is 3. The fourth-order valence-electron chi connectivity index (χ4n) is 1.60. The second kappa shape index (κ2) is 6.16. The van der Waals surface area contributed by atoms with Crippen LogP contribution in [-0.2, 0) is 10.0 Å². The van der Waals surface area contributed by atoms with E-state index in [-0.39, 0.29) is 16.6 Å². The van der Waals surface area contributed by atoms with Gasteiger partial charge in [-0.2, -0.15) is 0 Å². The van der Waals surface area contributed by atoms with Crippen molar-refractivity contribution in [3.63, 3.8) is 0 Å². The second-order valence-electron chi connectivity index (χ2n) is 6.70. The molecule has 0 aromatic carbocycles. The summed E-state index contributed by atoms with van der Waals surface area (Å²) < 4.78 is 26.4. The Hall–Kier alpha value is -0.130. The molecule has 0 aromatic rings. The molecule has 3 N–H and O–H groups in total. The fraction of sp³-hybridized carbons (Fsp3) is 1.00. The quantitative estimate of drug-likeness (QED) is 0.735. The van der Waals surface area contributed by atoms with E-state index < -0.39 is 10.0 Å². The Balaban J connectivity index is 4.27. The summed E-state index contributed by atoms with van der Waals surface area (Å²) in [5.74, 6) is 0.160. The molecule has 0 atom stereocenters. The molecule has 0 spiro atoms. The lowest BCUT2D eigenvalue weighted by Crippen LogP contribution is -2.38. The van der Waals surface area contributed by atoms with Crippen LogP contribution < -0.4 is 10.5 Å². The van der Waals surface area contributed by atoms with Crippen LogP contribution in [0.3, 0.4) is 0 Å². The van der Waals surface area contributed by atoms with Crippen molar-refractivity contribution in [1.82, 2.24) is 4.72 Å². The number of nitrogens with one attached hydrogen (secondary N) is 1. The van der Waals surface area contributed by atoms with Gasteiger partial charge in [0.1, 0.15) is 0 Å². The normalized spacial score (nSPS) is 14.0. The zero-order valence-corrected chi connectivity index (χ0v) is 12.7. The van der Waals surface area contributed by atoms with Crippen molar-refractivity contribution in [3.8, 4) is 0 Å². The van der Waals surface area contributed by atoms with Gasteiger partial charge in [0.15, 0.2) is 0 Å². The Bertz CT molecular complexity index is 316. The summed E-state index contributed by atoms with van der Waals surface area (Å²) in [7, 11) is -3.18. The first-order valence-corrected chi connectivity index (χ1v) is 7.80. The topological polar surface area (TPSA) is 72.2 Å². The third kappa shape index (κ3) is 9.56. The van der Waals surface area contributed by atoms with Gasteiger partial charge in [-0.1, -0.05) is 34.6 Å². The molecule has 17 heavy (non-hydrogen) atoms. The molecule has 0 saturated heterocycles. The largest absolute Gasteiger partial charge is 0.330 e. The Labute approximate surface area is 106 Å². The van der Waals surface area contributed by atoms with Crippen LogP contribution in [0.2, 0.25) is 0 Å². The van der Waals surface area contributed by atoms with E-state index in [0.717, 1.165) is 12.8 Å². The lowest BCUT2D eigenvalue weighted by Gasteiger charge is -2.26. The standard InChI is InChI=1S/C12H28N2O2S/c1-11(2,3)10-17(15,16)14-9-12(4,5)7-6-8-13/h14H,6-10,13H2,1-5H3. The van der Waals surface area contributed by atoms with Gasteiger partial charge in [0.2, 0.25) is 10.0 Å². The van der Waals surface area contributed by atoms with Gasteiger partial charge in [-0.3, -0.25) is 0 Å². The molecule has 5 heteroatoms. The molecular weight excluding hydrogens is 236 g/mol. The van der Waals surface area contributed by atoms with Crippen LogP contribution in [0.5, 0.6) is 0 Å². The van der Waals surface area contributed by atoms with E-state index in [9.17, 15) is 8.42 Å². The molecule has 0 aliphatic heterocycles. The van der Waals surface area contributed by atoms with Gasteiger partial charge >= 0.3 is 0 Å². The van der Waals surface area contributed by atoms with E-state index >= 15 is 0 Å². The summed E-state index contributed by atoms with van der Waals surface area (Å²) in [4.78, 5) is 0. The van der Waals surface area contributed by atoms with Gasteiger partial charge in [0.05, 0.1) is 5.75 Å². The van der Waals surface area contributed by atoms with Crippen LogP contribution in [0.4, 0.5) is 0 Å². The molecule has 0 aliphatic carbocycles. The Kier molecular flexibility index (Phi) is 6.11. The minimum Gasteiger partial charge on any atom is -0.330 e. The molecule has 0 radical (unpaired) electrons. The van der Waals surface area contributed by atoms with Crippen molar-refractivity contribution < 1.29 is 8.42 Å². The zero-order chi connectivity index (χ0) is 13.7. The van der Waals surface area contributed by atoms with E-state index in [1.165, 1.54) is 0 Å². The maximum atomic E-state index is 11.8. The van der Waals surface area contributed by atoms with Crippen LogP contribution in [0, 0.1) is 10.8 Å². The molecule has 0 heterocycles. The zero-order valence-electron chi connectivity index (χ0n) is 11.8. The van der Waals surface area contributed by atoms with E-state index in [0.29, 0.717) is 13.1 Å². The van der Waals surface area contributed by atoms with Crippen LogP contribution >= 0.6 is 0 Å². The predicted octanol–water partition coefficient (Wildman–Crippen LogP) is 1.72. The Morgan fingerprint density at radius 1 is 1.12 bits per heavy atom. The average molecular weight is 264 g/mol. The number of rotatable bonds is 7. The number of sulfonamides is 1. The van der Waals surface area contributed by atoms with E-state index in [1.807, 2.05) is 20.8 Å². The molecule has 0 fully saturated rings. The summed E-state index contributed by atoms with van der Waals surface area (Å²) in [5.41, 5.74) is 5.21. The van der Waals surface area contributed by atoms with Gasteiger partial charge in [-0.05, 0) is 30.2 Å². The molecule has 0 bridgehead atoms. The lowest BCUT2D eigenvalue weighted by atomic mass is 9.88. The number of nitrogens with two attached hydrogens (primary N) is 1. The molecule has 0 saturated carbocycles. The molecule has 4 nitrogen and oxygen atoms in total. The van der Waals surface area contributed by atoms with Gasteiger partial charge in [0.25, 0.3) is 0 Å². The van der Waals surface area contributed by atoms with E-state index in [4.69, 9.17) is 5.73 Å². The summed E-state index contributed by atoms with van der Waals surface area (Å²) in [6, 6.07) is 0. The van der Waals surface area contributed by atoms with Crippen molar-refractivity contribution in [3.05, 3.63) is 0 Å². The minimum absolute atomic E-state index is 0.0374. The van der Waals surface area contributed by atoms with Crippen molar-refractivity contribution in [1.29, 1.82) is 0 Å². The monoisotopic (exact) mass is 264 g/mol. The van der Waals surface area contributed by atoms with Gasteiger partial charge in [0, 0.05) is 6.54 Å². The van der Waals surface area contributed by atoms with Crippen LogP contribution in [0.15, 0.2) is 0 Å². The van der Waals surface area contributed by atoms with Crippen molar-refractivity contribution in [2.45, 2.75) is 47.5 Å². The Morgan fingerprint density at radius 3 is 2.06 bits per heavy atom. The van der Waals surface area contributed by atoms with E-state index in [2.05, 4.69) is 18.6 Å². The summed E-state index contributed by atoms with van der Waals surface area (Å²) in [6.07, 6.45) is 1.86. The van der Waals surface area contributed by atoms with Gasteiger partial charge in [-0.15, -0.1) is 0 Å². The molecule has 0 unspecified atom stereocenters. The van der Waals surface area contributed by atoms with Crippen molar-refractivity contribution in [2.75, 3.05) is 18.8 Å². The molecule has 0 aromatic heterocycles. The summed E-state index contributed by atoms with van der Waals surface area (Å²) in [5, 5.41) is 0. The molecule has 0 aliphatic rings. The highest BCUT2D eigenvalue weighted by Crippen LogP contribution is 2.22. The number of hydrogen-bond donors (Lipinski definition) is 2. The lowest BCUT2D eigenvalue weighted by molar-refractivity contribution is 0.326. The second-order valence-corrected chi connectivity index (χ2v) is 8.50. The SMILES string of the molecule is CC(C)(C)CS(=O)(=O)NCC(C)(C)CCCN. The highest BCUT2D eigenvalue weighted by molar-refractivity contribution is 7.89. The first-order chi connectivity index (χ1) is 7.47. The third-order valence-corrected chi connectivity index (χ3v) is 4.28. The first kappa shape index (κ1) is 16.9. The van der Waals surface area contributed by atoms with Gasteiger partial charge in [-0.25, -0.2) is 13.1 Å². The molecule has 0 amide bonds. The summed E-state index contributed by atoms with van der Waals surface area (Å²) in [6.45, 7) is 11.0. The first-order valence-electron chi connectivity index (χ1n) is 6.15. The predicted molar refractivity (Wildman–Crippen MR) is 73.3 cm³/mol. The maximum Gasteiger partial charge on any atom is 0.212 e. The van der Waals surface area contributed by atoms with Crippen molar-refractivity contribution in [2.24, 2.45) is 16.6 Å². The highest BCUT2D eigenvalue weighted by Gasteiger charge is 2.24. The van der Waals surface area contributed by atoms with Gasteiger partial charge < -0.3 is 5.73 Å². The molecule has 104 valence electrons. The average Bonchev–Trinajstić information content (AvgIpc) is 2.08. The highest BCUT2D eigenvalue weighted by atomic mass is 32.2. The van der Waals surface area contributed by atoms with Crippen molar-refractivity contribution >= 4 is 10.0 Å². The van der Waals surface area contributed by atoms with E-state index in [1.54, 1.807) is 0 Å². The fourth-order valence-corrected chi connectivity index (χ4v) is 3.45. The molecular formula is C12H28N2O2S. The third-order valence-electron chi connectivity index (χ3n) is 2.45. The maximum absolute atomic E-state index is 11.8. The van der Waals surface area contributed by atoms with Crippen LogP contribution in [-0.4, -0.2) is 27.3 Å². The minimum atomic E-state index is -3.18. The van der Waals surface area contributed by atoms with Crippen LogP contribution in [0.1, 0.15) is 47.5 Å². The summed E-state index contributed by atoms with van der Waals surface area (Å²) >= 11 is 0. The smallest absolute Gasteiger partial charge is 0.212 e. The van der Waals surface area contributed by atoms with Crippen LogP contribution in [0.25, 0.3) is 0 Å².